The van der Waals surface area contributed by atoms with Gasteiger partial charge < -0.3 is 5.73 Å². The third-order valence-electron chi connectivity index (χ3n) is 5.80. The van der Waals surface area contributed by atoms with Gasteiger partial charge in [-0.3, -0.25) is 4.90 Å². The van der Waals surface area contributed by atoms with Crippen LogP contribution in [0.5, 0.6) is 0 Å². The predicted octanol–water partition coefficient (Wildman–Crippen LogP) is 3.80. The smallest absolute Gasteiger partial charge is 0.0331 e. The number of likely N-dealkylation sites (tertiary alicyclic amines) is 1. The van der Waals surface area contributed by atoms with Crippen LogP contribution >= 0.6 is 0 Å². The van der Waals surface area contributed by atoms with Crippen molar-refractivity contribution >= 4 is 0 Å². The van der Waals surface area contributed by atoms with Crippen LogP contribution in [-0.4, -0.2) is 30.1 Å². The van der Waals surface area contributed by atoms with Crippen molar-refractivity contribution in [2.24, 2.45) is 17.6 Å². The highest BCUT2D eigenvalue weighted by Crippen LogP contribution is 2.37. The highest BCUT2D eigenvalue weighted by atomic mass is 15.2. The molecule has 2 fully saturated rings. The Bertz CT molecular complexity index is 258. The highest BCUT2D eigenvalue weighted by Gasteiger charge is 2.38. The maximum Gasteiger partial charge on any atom is 0.0331 e. The lowest BCUT2D eigenvalue weighted by Crippen LogP contribution is -2.56. The molecule has 0 bridgehead atoms. The third-order valence-corrected chi connectivity index (χ3v) is 5.80. The molecule has 2 aliphatic rings. The minimum Gasteiger partial charge on any atom is -0.329 e. The molecule has 2 atom stereocenters. The van der Waals surface area contributed by atoms with Gasteiger partial charge in [0.05, 0.1) is 0 Å². The quantitative estimate of drug-likeness (QED) is 0.784. The van der Waals surface area contributed by atoms with Gasteiger partial charge in [-0.15, -0.1) is 0 Å². The SMILES string of the molecule is CCCC1CCN(C2(CN)CCCC(C)CC2)CC1. The number of rotatable bonds is 4. The maximum atomic E-state index is 6.24. The Morgan fingerprint density at radius 3 is 2.47 bits per heavy atom. The van der Waals surface area contributed by atoms with E-state index in [4.69, 9.17) is 5.73 Å². The van der Waals surface area contributed by atoms with Crippen molar-refractivity contribution < 1.29 is 0 Å². The van der Waals surface area contributed by atoms with E-state index >= 15 is 0 Å². The summed E-state index contributed by atoms with van der Waals surface area (Å²) in [7, 11) is 0. The average molecular weight is 266 g/mol. The van der Waals surface area contributed by atoms with Crippen molar-refractivity contribution in [2.75, 3.05) is 19.6 Å². The van der Waals surface area contributed by atoms with Crippen LogP contribution in [0.4, 0.5) is 0 Å². The standard InChI is InChI=1S/C17H34N2/c1-3-5-16-8-12-19(13-9-16)17(14-18)10-4-6-15(2)7-11-17/h15-16H,3-14,18H2,1-2H3. The molecule has 2 nitrogen and oxygen atoms in total. The summed E-state index contributed by atoms with van der Waals surface area (Å²) in [5, 5.41) is 0. The van der Waals surface area contributed by atoms with Gasteiger partial charge in [-0.1, -0.05) is 39.5 Å². The molecule has 1 aliphatic carbocycles. The van der Waals surface area contributed by atoms with Gasteiger partial charge >= 0.3 is 0 Å². The fraction of sp³-hybridized carbons (Fsp3) is 1.00. The van der Waals surface area contributed by atoms with Crippen LogP contribution in [0.2, 0.25) is 0 Å². The Hall–Kier alpha value is -0.0800. The molecule has 1 aliphatic heterocycles. The second kappa shape index (κ2) is 7.08. The fourth-order valence-corrected chi connectivity index (χ4v) is 4.32. The molecular weight excluding hydrogens is 232 g/mol. The van der Waals surface area contributed by atoms with Crippen molar-refractivity contribution in [1.82, 2.24) is 4.90 Å². The van der Waals surface area contributed by atoms with Crippen molar-refractivity contribution in [3.63, 3.8) is 0 Å². The van der Waals surface area contributed by atoms with Crippen LogP contribution in [-0.2, 0) is 0 Å². The fourth-order valence-electron chi connectivity index (χ4n) is 4.32. The van der Waals surface area contributed by atoms with E-state index in [-0.39, 0.29) is 0 Å². The lowest BCUT2D eigenvalue weighted by Gasteiger charge is -2.46. The number of piperidine rings is 1. The van der Waals surface area contributed by atoms with E-state index in [1.165, 1.54) is 70.9 Å². The zero-order valence-corrected chi connectivity index (χ0v) is 13.2. The molecule has 0 spiro atoms. The first-order valence-electron chi connectivity index (χ1n) is 8.65. The molecule has 1 heterocycles. The number of nitrogens with two attached hydrogens (primary N) is 1. The summed E-state index contributed by atoms with van der Waals surface area (Å²) in [5.74, 6) is 1.90. The lowest BCUT2D eigenvalue weighted by atomic mass is 9.83. The molecule has 112 valence electrons. The molecule has 2 unspecified atom stereocenters. The van der Waals surface area contributed by atoms with Gasteiger partial charge in [-0.25, -0.2) is 0 Å². The molecule has 19 heavy (non-hydrogen) atoms. The van der Waals surface area contributed by atoms with E-state index in [2.05, 4.69) is 18.7 Å². The molecular formula is C17H34N2. The molecule has 2 heteroatoms. The van der Waals surface area contributed by atoms with Crippen LogP contribution in [0, 0.1) is 11.8 Å². The van der Waals surface area contributed by atoms with Gasteiger partial charge in [-0.2, -0.15) is 0 Å². The number of nitrogens with zero attached hydrogens (tertiary/aromatic N) is 1. The van der Waals surface area contributed by atoms with Crippen LogP contribution in [0.15, 0.2) is 0 Å². The molecule has 1 saturated carbocycles. The number of hydrogen-bond donors (Lipinski definition) is 1. The molecule has 0 aromatic carbocycles. The summed E-state index contributed by atoms with van der Waals surface area (Å²) < 4.78 is 0. The Balaban J connectivity index is 1.94. The molecule has 2 N–H and O–H groups in total. The summed E-state index contributed by atoms with van der Waals surface area (Å²) in [4.78, 5) is 2.78. The van der Waals surface area contributed by atoms with E-state index in [1.54, 1.807) is 0 Å². The molecule has 1 saturated heterocycles. The Morgan fingerprint density at radius 1 is 1.11 bits per heavy atom. The van der Waals surface area contributed by atoms with Crippen LogP contribution < -0.4 is 5.73 Å². The maximum absolute atomic E-state index is 6.24. The Morgan fingerprint density at radius 2 is 1.84 bits per heavy atom. The lowest BCUT2D eigenvalue weighted by molar-refractivity contribution is 0.0406. The first kappa shape index (κ1) is 15.3. The molecule has 0 amide bonds. The van der Waals surface area contributed by atoms with Crippen molar-refractivity contribution in [2.45, 2.75) is 77.2 Å². The highest BCUT2D eigenvalue weighted by molar-refractivity contribution is 4.95. The topological polar surface area (TPSA) is 29.3 Å². The summed E-state index contributed by atoms with van der Waals surface area (Å²) in [6, 6.07) is 0. The predicted molar refractivity (Wildman–Crippen MR) is 83.2 cm³/mol. The van der Waals surface area contributed by atoms with Crippen LogP contribution in [0.3, 0.4) is 0 Å². The van der Waals surface area contributed by atoms with Crippen molar-refractivity contribution in [3.8, 4) is 0 Å². The molecule has 0 radical (unpaired) electrons. The first-order valence-corrected chi connectivity index (χ1v) is 8.65. The van der Waals surface area contributed by atoms with Crippen molar-refractivity contribution in [1.29, 1.82) is 0 Å². The van der Waals surface area contributed by atoms with E-state index in [1.807, 2.05) is 0 Å². The third kappa shape index (κ3) is 3.72. The second-order valence-corrected chi connectivity index (χ2v) is 7.18. The van der Waals surface area contributed by atoms with Crippen LogP contribution in [0.1, 0.15) is 71.6 Å². The van der Waals surface area contributed by atoms with Crippen LogP contribution in [0.25, 0.3) is 0 Å². The monoisotopic (exact) mass is 266 g/mol. The van der Waals surface area contributed by atoms with E-state index < -0.39 is 0 Å². The van der Waals surface area contributed by atoms with Gasteiger partial charge in [0, 0.05) is 12.1 Å². The summed E-state index contributed by atoms with van der Waals surface area (Å²) in [6.45, 7) is 8.21. The van der Waals surface area contributed by atoms with E-state index in [0.29, 0.717) is 5.54 Å². The first-order chi connectivity index (χ1) is 9.20. The van der Waals surface area contributed by atoms with Gasteiger partial charge in [0.25, 0.3) is 0 Å². The minimum atomic E-state index is 0.349. The zero-order chi connectivity index (χ0) is 13.7. The summed E-state index contributed by atoms with van der Waals surface area (Å²) >= 11 is 0. The van der Waals surface area contributed by atoms with Gasteiger partial charge in [0.1, 0.15) is 0 Å². The molecule has 2 rings (SSSR count). The van der Waals surface area contributed by atoms with Crippen molar-refractivity contribution in [3.05, 3.63) is 0 Å². The minimum absolute atomic E-state index is 0.349. The molecule has 0 aromatic rings. The zero-order valence-electron chi connectivity index (χ0n) is 13.2. The normalized spacial score (nSPS) is 35.2. The van der Waals surface area contributed by atoms with Gasteiger partial charge in [0.15, 0.2) is 0 Å². The summed E-state index contributed by atoms with van der Waals surface area (Å²) in [6.07, 6.45) is 12.4. The summed E-state index contributed by atoms with van der Waals surface area (Å²) in [5.41, 5.74) is 6.58. The Labute approximate surface area is 120 Å². The van der Waals surface area contributed by atoms with E-state index in [0.717, 1.165) is 18.4 Å². The largest absolute Gasteiger partial charge is 0.329 e. The van der Waals surface area contributed by atoms with Gasteiger partial charge in [-0.05, 0) is 57.0 Å². The van der Waals surface area contributed by atoms with Gasteiger partial charge in [0.2, 0.25) is 0 Å². The number of hydrogen-bond acceptors (Lipinski definition) is 2. The second-order valence-electron chi connectivity index (χ2n) is 7.18. The average Bonchev–Trinajstić information content (AvgIpc) is 2.63. The van der Waals surface area contributed by atoms with E-state index in [9.17, 15) is 0 Å². The molecule has 0 aromatic heterocycles. The Kier molecular flexibility index (Phi) is 5.70.